The molecule has 0 saturated carbocycles. The number of nitrogens with zero attached hydrogens (tertiary/aromatic N) is 5. The molecule has 1 amide bonds. The van der Waals surface area contributed by atoms with Crippen LogP contribution in [-0.2, 0) is 11.2 Å². The van der Waals surface area contributed by atoms with Gasteiger partial charge in [0.15, 0.2) is 11.6 Å². The number of hydrogen-bond donors (Lipinski definition) is 2. The molecular formula is C18H27N7O2. The predicted molar refractivity (Wildman–Crippen MR) is 103 cm³/mol. The third-order valence-electron chi connectivity index (χ3n) is 4.60. The Morgan fingerprint density at radius 1 is 1.37 bits per heavy atom. The Balaban J connectivity index is 1.38. The Bertz CT molecular complexity index is 781. The van der Waals surface area contributed by atoms with E-state index in [4.69, 9.17) is 10.5 Å². The third-order valence-corrected chi connectivity index (χ3v) is 4.60. The minimum Gasteiger partial charge on any atom is -0.450 e. The van der Waals surface area contributed by atoms with E-state index in [1.54, 1.807) is 4.90 Å². The summed E-state index contributed by atoms with van der Waals surface area (Å²) in [6.07, 6.45) is 5.03. The number of carbonyl (C=O) groups is 1. The van der Waals surface area contributed by atoms with E-state index in [1.165, 1.54) is 0 Å². The number of fused-ring (bicyclic) bond motifs is 1. The van der Waals surface area contributed by atoms with Crippen molar-refractivity contribution in [2.45, 2.75) is 38.6 Å². The molecular weight excluding hydrogens is 346 g/mol. The number of ether oxygens (including phenoxy) is 1. The molecule has 3 heterocycles. The van der Waals surface area contributed by atoms with E-state index < -0.39 is 0 Å². The second kappa shape index (κ2) is 9.20. The van der Waals surface area contributed by atoms with Crippen molar-refractivity contribution in [3.05, 3.63) is 30.2 Å². The van der Waals surface area contributed by atoms with Crippen molar-refractivity contribution in [2.75, 3.05) is 26.2 Å². The number of guanidine groups is 1. The van der Waals surface area contributed by atoms with Crippen molar-refractivity contribution in [1.29, 1.82) is 0 Å². The number of aliphatic imine (C=N–C) groups is 1. The van der Waals surface area contributed by atoms with Crippen LogP contribution >= 0.6 is 0 Å². The average Bonchev–Trinajstić information content (AvgIpc) is 3.09. The summed E-state index contributed by atoms with van der Waals surface area (Å²) in [6.45, 7) is 4.19. The van der Waals surface area contributed by atoms with Crippen molar-refractivity contribution in [3.63, 3.8) is 0 Å². The lowest BCUT2D eigenvalue weighted by Gasteiger charge is -2.31. The Morgan fingerprint density at radius 3 is 2.96 bits per heavy atom. The number of likely N-dealkylation sites (tertiary alicyclic amines) is 1. The van der Waals surface area contributed by atoms with Gasteiger partial charge in [-0.25, -0.2) is 4.79 Å². The largest absolute Gasteiger partial charge is 0.450 e. The first-order valence-electron chi connectivity index (χ1n) is 9.44. The Hall–Kier alpha value is -2.84. The zero-order valence-corrected chi connectivity index (χ0v) is 15.7. The molecule has 0 spiro atoms. The molecule has 9 heteroatoms. The Labute approximate surface area is 158 Å². The van der Waals surface area contributed by atoms with Gasteiger partial charge in [0.1, 0.15) is 5.82 Å². The van der Waals surface area contributed by atoms with E-state index in [9.17, 15) is 4.79 Å². The number of hydrogen-bond acceptors (Lipinski definition) is 5. The number of nitrogens with one attached hydrogen (secondary N) is 1. The molecule has 0 atom stereocenters. The maximum atomic E-state index is 11.7. The lowest BCUT2D eigenvalue weighted by Crippen LogP contribution is -2.48. The van der Waals surface area contributed by atoms with Gasteiger partial charge in [0, 0.05) is 38.3 Å². The quantitative estimate of drug-likeness (QED) is 0.447. The van der Waals surface area contributed by atoms with Crippen LogP contribution in [0.15, 0.2) is 29.4 Å². The van der Waals surface area contributed by atoms with Crippen LogP contribution in [0.25, 0.3) is 5.65 Å². The number of pyridine rings is 1. The zero-order chi connectivity index (χ0) is 19.1. The number of rotatable bonds is 6. The summed E-state index contributed by atoms with van der Waals surface area (Å²) in [5.74, 6) is 1.38. The molecule has 146 valence electrons. The molecule has 0 aliphatic carbocycles. The molecule has 27 heavy (non-hydrogen) atoms. The highest BCUT2D eigenvalue weighted by Crippen LogP contribution is 2.11. The summed E-state index contributed by atoms with van der Waals surface area (Å²) in [5.41, 5.74) is 6.85. The number of aromatic nitrogens is 3. The molecule has 1 aliphatic rings. The summed E-state index contributed by atoms with van der Waals surface area (Å²) < 4.78 is 7.02. The minimum absolute atomic E-state index is 0.236. The summed E-state index contributed by atoms with van der Waals surface area (Å²) >= 11 is 0. The fourth-order valence-corrected chi connectivity index (χ4v) is 3.17. The molecule has 0 unspecified atom stereocenters. The van der Waals surface area contributed by atoms with Gasteiger partial charge in [-0.2, -0.15) is 0 Å². The first-order valence-corrected chi connectivity index (χ1v) is 9.44. The molecule has 1 saturated heterocycles. The van der Waals surface area contributed by atoms with Crippen LogP contribution in [-0.4, -0.2) is 63.8 Å². The number of piperidine rings is 1. The topological polar surface area (TPSA) is 110 Å². The van der Waals surface area contributed by atoms with Gasteiger partial charge in [-0.1, -0.05) is 6.07 Å². The van der Waals surface area contributed by atoms with Crippen LogP contribution in [0, 0.1) is 0 Å². The van der Waals surface area contributed by atoms with Gasteiger partial charge in [0.25, 0.3) is 0 Å². The van der Waals surface area contributed by atoms with Gasteiger partial charge >= 0.3 is 6.09 Å². The number of nitrogens with two attached hydrogens (primary N) is 1. The van der Waals surface area contributed by atoms with Crippen LogP contribution in [0.2, 0.25) is 0 Å². The first-order chi connectivity index (χ1) is 13.2. The van der Waals surface area contributed by atoms with Crippen molar-refractivity contribution in [2.24, 2.45) is 10.7 Å². The highest BCUT2D eigenvalue weighted by molar-refractivity contribution is 5.78. The second-order valence-electron chi connectivity index (χ2n) is 6.52. The molecule has 1 aliphatic heterocycles. The molecule has 0 aromatic carbocycles. The molecule has 2 aromatic rings. The SMILES string of the molecule is CCOC(=O)N1CCC(NC(N)=NCCCc2nnc3ccccn23)CC1. The third kappa shape index (κ3) is 5.08. The molecule has 9 nitrogen and oxygen atoms in total. The van der Waals surface area contributed by atoms with E-state index in [0.29, 0.717) is 32.2 Å². The fraction of sp³-hybridized carbons (Fsp3) is 0.556. The van der Waals surface area contributed by atoms with Crippen LogP contribution in [0.1, 0.15) is 32.0 Å². The van der Waals surface area contributed by atoms with Gasteiger partial charge in [-0.3, -0.25) is 9.39 Å². The highest BCUT2D eigenvalue weighted by atomic mass is 16.6. The van der Waals surface area contributed by atoms with Crippen molar-refractivity contribution >= 4 is 17.7 Å². The normalized spacial score (nSPS) is 15.9. The minimum atomic E-state index is -0.237. The van der Waals surface area contributed by atoms with E-state index in [1.807, 2.05) is 35.7 Å². The zero-order valence-electron chi connectivity index (χ0n) is 15.7. The lowest BCUT2D eigenvalue weighted by molar-refractivity contribution is 0.0963. The van der Waals surface area contributed by atoms with Crippen molar-refractivity contribution in [3.8, 4) is 0 Å². The van der Waals surface area contributed by atoms with Crippen LogP contribution in [0.4, 0.5) is 4.79 Å². The first kappa shape index (κ1) is 18.9. The molecule has 3 rings (SSSR count). The molecule has 0 radical (unpaired) electrons. The van der Waals surface area contributed by atoms with E-state index in [2.05, 4.69) is 20.5 Å². The Kier molecular flexibility index (Phi) is 6.45. The van der Waals surface area contributed by atoms with Crippen LogP contribution in [0.3, 0.4) is 0 Å². The maximum absolute atomic E-state index is 11.7. The van der Waals surface area contributed by atoms with Gasteiger partial charge in [-0.05, 0) is 38.3 Å². The van der Waals surface area contributed by atoms with E-state index >= 15 is 0 Å². The summed E-state index contributed by atoms with van der Waals surface area (Å²) in [6, 6.07) is 6.08. The molecule has 3 N–H and O–H groups in total. The van der Waals surface area contributed by atoms with E-state index in [0.717, 1.165) is 37.2 Å². The van der Waals surface area contributed by atoms with Gasteiger partial charge < -0.3 is 20.7 Å². The summed E-state index contributed by atoms with van der Waals surface area (Å²) in [4.78, 5) is 17.8. The number of amides is 1. The van der Waals surface area contributed by atoms with Crippen LogP contribution < -0.4 is 11.1 Å². The average molecular weight is 373 g/mol. The molecule has 2 aromatic heterocycles. The lowest BCUT2D eigenvalue weighted by atomic mass is 10.1. The van der Waals surface area contributed by atoms with Crippen LogP contribution in [0.5, 0.6) is 0 Å². The molecule has 1 fully saturated rings. The smallest absolute Gasteiger partial charge is 0.409 e. The second-order valence-corrected chi connectivity index (χ2v) is 6.52. The molecule has 0 bridgehead atoms. The number of carbonyl (C=O) groups excluding carboxylic acids is 1. The standard InChI is InChI=1S/C18H27N7O2/c1-2-27-18(26)24-12-8-14(9-13-24)21-17(19)20-10-5-7-16-23-22-15-6-3-4-11-25(15)16/h3-4,6,11,14H,2,5,7-10,12-13H2,1H3,(H3,19,20,21). The van der Waals surface area contributed by atoms with Gasteiger partial charge in [0.05, 0.1) is 6.61 Å². The predicted octanol–water partition coefficient (Wildman–Crippen LogP) is 1.19. The highest BCUT2D eigenvalue weighted by Gasteiger charge is 2.23. The Morgan fingerprint density at radius 2 is 2.19 bits per heavy atom. The summed E-state index contributed by atoms with van der Waals surface area (Å²) in [7, 11) is 0. The number of aryl methyl sites for hydroxylation is 1. The summed E-state index contributed by atoms with van der Waals surface area (Å²) in [5, 5.41) is 11.6. The fourth-order valence-electron chi connectivity index (χ4n) is 3.17. The monoisotopic (exact) mass is 373 g/mol. The van der Waals surface area contributed by atoms with E-state index in [-0.39, 0.29) is 12.1 Å². The van der Waals surface area contributed by atoms with Crippen molar-refractivity contribution < 1.29 is 9.53 Å². The van der Waals surface area contributed by atoms with Gasteiger partial charge in [0.2, 0.25) is 0 Å². The van der Waals surface area contributed by atoms with Gasteiger partial charge in [-0.15, -0.1) is 10.2 Å². The maximum Gasteiger partial charge on any atom is 0.409 e. The van der Waals surface area contributed by atoms with Crippen molar-refractivity contribution in [1.82, 2.24) is 24.8 Å².